The topological polar surface area (TPSA) is 46.3 Å². The molecule has 104 valence electrons. The number of amides is 1. The lowest BCUT2D eigenvalue weighted by Crippen LogP contribution is -2.46. The van der Waals surface area contributed by atoms with E-state index < -0.39 is 0 Å². The van der Waals surface area contributed by atoms with Gasteiger partial charge in [-0.3, -0.25) is 4.79 Å². The summed E-state index contributed by atoms with van der Waals surface area (Å²) in [6.45, 7) is 8.68. The van der Waals surface area contributed by atoms with Crippen molar-refractivity contribution in [3.8, 4) is 0 Å². The van der Waals surface area contributed by atoms with Crippen LogP contribution in [0.1, 0.15) is 52.9 Å². The van der Waals surface area contributed by atoms with Crippen molar-refractivity contribution in [3.05, 3.63) is 0 Å². The summed E-state index contributed by atoms with van der Waals surface area (Å²) in [5.74, 6) is 1.12. The maximum atomic E-state index is 12.5. The molecule has 2 fully saturated rings. The van der Waals surface area contributed by atoms with Gasteiger partial charge in [-0.05, 0) is 43.4 Å². The minimum absolute atomic E-state index is 0.237. The van der Waals surface area contributed by atoms with E-state index >= 15 is 0 Å². The zero-order chi connectivity index (χ0) is 13.3. The first-order chi connectivity index (χ1) is 8.39. The maximum Gasteiger partial charge on any atom is 0.225 e. The summed E-state index contributed by atoms with van der Waals surface area (Å²) in [6, 6.07) is 0.300. The highest BCUT2D eigenvalue weighted by molar-refractivity contribution is 5.79. The largest absolute Gasteiger partial charge is 0.342 e. The third-order valence-corrected chi connectivity index (χ3v) is 5.01. The van der Waals surface area contributed by atoms with Crippen LogP contribution in [-0.4, -0.2) is 29.9 Å². The standard InChI is InChI=1S/C15H28N2O/c1-11-10-12(4-5-13(11)16)14(18)17-8-6-15(2,3)7-9-17/h11-13H,4-10,16H2,1-3H3. The Morgan fingerprint density at radius 1 is 1.22 bits per heavy atom. The molecular formula is C15H28N2O. The molecule has 3 nitrogen and oxygen atoms in total. The summed E-state index contributed by atoms with van der Waals surface area (Å²) in [5.41, 5.74) is 6.45. The molecule has 1 heterocycles. The summed E-state index contributed by atoms with van der Waals surface area (Å²) < 4.78 is 0. The Morgan fingerprint density at radius 3 is 2.39 bits per heavy atom. The van der Waals surface area contributed by atoms with Gasteiger partial charge in [0.2, 0.25) is 5.91 Å². The second-order valence-electron chi connectivity index (χ2n) is 7.14. The maximum absolute atomic E-state index is 12.5. The van der Waals surface area contributed by atoms with Gasteiger partial charge in [-0.25, -0.2) is 0 Å². The van der Waals surface area contributed by atoms with Gasteiger partial charge in [-0.2, -0.15) is 0 Å². The van der Waals surface area contributed by atoms with Crippen LogP contribution in [0.3, 0.4) is 0 Å². The van der Waals surface area contributed by atoms with Crippen molar-refractivity contribution in [2.24, 2.45) is 23.0 Å². The number of rotatable bonds is 1. The quantitative estimate of drug-likeness (QED) is 0.779. The summed E-state index contributed by atoms with van der Waals surface area (Å²) >= 11 is 0. The molecule has 1 saturated heterocycles. The van der Waals surface area contributed by atoms with E-state index in [1.54, 1.807) is 0 Å². The zero-order valence-corrected chi connectivity index (χ0v) is 12.1. The van der Waals surface area contributed by atoms with Crippen LogP contribution in [0, 0.1) is 17.3 Å². The van der Waals surface area contributed by atoms with Gasteiger partial charge in [0.25, 0.3) is 0 Å². The van der Waals surface area contributed by atoms with Crippen molar-refractivity contribution in [2.75, 3.05) is 13.1 Å². The Bertz CT molecular complexity index is 304. The van der Waals surface area contributed by atoms with Crippen molar-refractivity contribution in [2.45, 2.75) is 58.9 Å². The summed E-state index contributed by atoms with van der Waals surface area (Å²) in [5, 5.41) is 0. The normalized spacial score (nSPS) is 36.4. The SMILES string of the molecule is CC1CC(C(=O)N2CCC(C)(C)CC2)CCC1N. The third-order valence-electron chi connectivity index (χ3n) is 5.01. The first-order valence-corrected chi connectivity index (χ1v) is 7.43. The first-order valence-electron chi connectivity index (χ1n) is 7.43. The number of piperidine rings is 1. The molecule has 3 atom stereocenters. The molecule has 1 amide bonds. The van der Waals surface area contributed by atoms with Gasteiger partial charge >= 0.3 is 0 Å². The highest BCUT2D eigenvalue weighted by Gasteiger charge is 2.34. The van der Waals surface area contributed by atoms with Crippen molar-refractivity contribution in [1.29, 1.82) is 0 Å². The lowest BCUT2D eigenvalue weighted by atomic mass is 9.77. The van der Waals surface area contributed by atoms with Gasteiger partial charge < -0.3 is 10.6 Å². The Kier molecular flexibility index (Phi) is 4.00. The predicted molar refractivity (Wildman–Crippen MR) is 74.1 cm³/mol. The van der Waals surface area contributed by atoms with Gasteiger partial charge in [0.15, 0.2) is 0 Å². The number of nitrogens with zero attached hydrogens (tertiary/aromatic N) is 1. The molecule has 0 aromatic carbocycles. The van der Waals surface area contributed by atoms with E-state index in [-0.39, 0.29) is 5.92 Å². The average Bonchev–Trinajstić information content (AvgIpc) is 2.32. The van der Waals surface area contributed by atoms with Gasteiger partial charge in [-0.15, -0.1) is 0 Å². The smallest absolute Gasteiger partial charge is 0.225 e. The van der Waals surface area contributed by atoms with Crippen LogP contribution in [0.25, 0.3) is 0 Å². The Hall–Kier alpha value is -0.570. The molecule has 2 rings (SSSR count). The van der Waals surface area contributed by atoms with Crippen molar-refractivity contribution < 1.29 is 4.79 Å². The zero-order valence-electron chi connectivity index (χ0n) is 12.1. The van der Waals surface area contributed by atoms with Crippen LogP contribution in [-0.2, 0) is 4.79 Å². The monoisotopic (exact) mass is 252 g/mol. The molecule has 1 aliphatic heterocycles. The molecule has 0 spiro atoms. The first kappa shape index (κ1) is 13.9. The molecule has 1 saturated carbocycles. The van der Waals surface area contributed by atoms with E-state index in [4.69, 9.17) is 5.73 Å². The Balaban J connectivity index is 1.88. The highest BCUT2D eigenvalue weighted by atomic mass is 16.2. The second-order valence-corrected chi connectivity index (χ2v) is 7.14. The Labute approximate surface area is 111 Å². The van der Waals surface area contributed by atoms with Crippen molar-refractivity contribution in [1.82, 2.24) is 4.90 Å². The third kappa shape index (κ3) is 3.05. The Morgan fingerprint density at radius 2 is 1.83 bits per heavy atom. The van der Waals surface area contributed by atoms with Crippen molar-refractivity contribution >= 4 is 5.91 Å². The second kappa shape index (κ2) is 5.20. The number of carbonyl (C=O) groups is 1. The fourth-order valence-electron chi connectivity index (χ4n) is 3.23. The summed E-state index contributed by atoms with van der Waals surface area (Å²) in [6.07, 6.45) is 5.27. The van der Waals surface area contributed by atoms with Crippen LogP contribution in [0.2, 0.25) is 0 Å². The molecule has 2 N–H and O–H groups in total. The highest BCUT2D eigenvalue weighted by Crippen LogP contribution is 2.33. The van der Waals surface area contributed by atoms with E-state index in [1.165, 1.54) is 0 Å². The van der Waals surface area contributed by atoms with Gasteiger partial charge in [-0.1, -0.05) is 20.8 Å². The molecule has 0 radical (unpaired) electrons. The predicted octanol–water partition coefficient (Wildman–Crippen LogP) is 2.40. The molecule has 3 unspecified atom stereocenters. The lowest BCUT2D eigenvalue weighted by molar-refractivity contribution is -0.139. The van der Waals surface area contributed by atoms with E-state index in [9.17, 15) is 4.79 Å². The van der Waals surface area contributed by atoms with E-state index in [2.05, 4.69) is 25.7 Å². The number of nitrogens with two attached hydrogens (primary N) is 1. The number of carbonyl (C=O) groups excluding carboxylic acids is 1. The minimum atomic E-state index is 0.237. The molecular weight excluding hydrogens is 224 g/mol. The molecule has 18 heavy (non-hydrogen) atoms. The van der Waals surface area contributed by atoms with Crippen LogP contribution in [0.5, 0.6) is 0 Å². The van der Waals surface area contributed by atoms with Gasteiger partial charge in [0.1, 0.15) is 0 Å². The number of hydrogen-bond donors (Lipinski definition) is 1. The molecule has 2 aliphatic rings. The van der Waals surface area contributed by atoms with Crippen LogP contribution >= 0.6 is 0 Å². The average molecular weight is 252 g/mol. The lowest BCUT2D eigenvalue weighted by Gasteiger charge is -2.40. The molecule has 1 aliphatic carbocycles. The van der Waals surface area contributed by atoms with Gasteiger partial charge in [0, 0.05) is 25.0 Å². The van der Waals surface area contributed by atoms with E-state index in [0.717, 1.165) is 45.2 Å². The summed E-state index contributed by atoms with van der Waals surface area (Å²) in [4.78, 5) is 14.6. The molecule has 0 aromatic heterocycles. The number of hydrogen-bond acceptors (Lipinski definition) is 2. The molecule has 0 bridgehead atoms. The number of likely N-dealkylation sites (tertiary alicyclic amines) is 1. The molecule has 3 heteroatoms. The van der Waals surface area contributed by atoms with Crippen LogP contribution < -0.4 is 5.73 Å². The van der Waals surface area contributed by atoms with Crippen molar-refractivity contribution in [3.63, 3.8) is 0 Å². The van der Waals surface area contributed by atoms with E-state index in [0.29, 0.717) is 23.3 Å². The fraction of sp³-hybridized carbons (Fsp3) is 0.933. The van der Waals surface area contributed by atoms with E-state index in [1.807, 2.05) is 0 Å². The minimum Gasteiger partial charge on any atom is -0.342 e. The fourth-order valence-corrected chi connectivity index (χ4v) is 3.23. The van der Waals surface area contributed by atoms with Crippen LogP contribution in [0.15, 0.2) is 0 Å². The summed E-state index contributed by atoms with van der Waals surface area (Å²) in [7, 11) is 0. The molecule has 0 aromatic rings. The van der Waals surface area contributed by atoms with Crippen LogP contribution in [0.4, 0.5) is 0 Å². The van der Waals surface area contributed by atoms with Gasteiger partial charge in [0.05, 0.1) is 0 Å².